The molecule has 2 aromatic rings. The summed E-state index contributed by atoms with van der Waals surface area (Å²) in [5.41, 5.74) is -0.0405. The fourth-order valence-electron chi connectivity index (χ4n) is 5.12. The van der Waals surface area contributed by atoms with E-state index in [1.807, 2.05) is 65.8 Å². The first-order valence-electron chi connectivity index (χ1n) is 13.9. The third kappa shape index (κ3) is 8.61. The zero-order valence-corrected chi connectivity index (χ0v) is 27.5. The van der Waals surface area contributed by atoms with Gasteiger partial charge in [0.25, 0.3) is 0 Å². The summed E-state index contributed by atoms with van der Waals surface area (Å²) in [5, 5.41) is -1.19. The molecule has 0 saturated carbocycles. The number of benzene rings is 2. The number of aliphatic imine (C=N–C) groups is 1. The van der Waals surface area contributed by atoms with Gasteiger partial charge in [-0.3, -0.25) is 4.57 Å². The molecule has 0 spiro atoms. The van der Waals surface area contributed by atoms with Crippen molar-refractivity contribution in [3.8, 4) is 5.75 Å². The summed E-state index contributed by atoms with van der Waals surface area (Å²) in [4.78, 5) is 4.67. The molecule has 0 N–H and O–H groups in total. The molecule has 0 radical (unpaired) electrons. The largest absolute Gasteiger partial charge is 0.493 e. The number of aryl methyl sites for hydroxylation is 2. The maximum Gasteiger partial charge on any atom is 0.419 e. The van der Waals surface area contributed by atoms with Gasteiger partial charge in [-0.25, -0.2) is 4.99 Å². The highest BCUT2D eigenvalue weighted by atomic mass is 79.9. The fourth-order valence-corrected chi connectivity index (χ4v) is 8.78. The van der Waals surface area contributed by atoms with Gasteiger partial charge in [-0.1, -0.05) is 75.7 Å². The Balaban J connectivity index is 1.72. The van der Waals surface area contributed by atoms with Crippen LogP contribution in [0.5, 0.6) is 5.75 Å². The van der Waals surface area contributed by atoms with Crippen LogP contribution in [0.1, 0.15) is 78.0 Å². The lowest BCUT2D eigenvalue weighted by atomic mass is 9.93. The van der Waals surface area contributed by atoms with Crippen LogP contribution < -0.4 is 4.74 Å². The molecule has 1 aliphatic rings. The van der Waals surface area contributed by atoms with E-state index in [9.17, 15) is 17.7 Å². The van der Waals surface area contributed by atoms with E-state index in [0.717, 1.165) is 16.1 Å². The van der Waals surface area contributed by atoms with Crippen molar-refractivity contribution in [3.63, 3.8) is 0 Å². The van der Waals surface area contributed by atoms with E-state index >= 15 is 0 Å². The Labute approximate surface area is 250 Å². The number of ether oxygens (including phenoxy) is 2. The van der Waals surface area contributed by atoms with Gasteiger partial charge in [-0.2, -0.15) is 13.2 Å². The first-order chi connectivity index (χ1) is 18.9. The van der Waals surface area contributed by atoms with E-state index < -0.39 is 35.0 Å². The highest BCUT2D eigenvalue weighted by Gasteiger charge is 2.50. The SMILES string of the molecule is CC1=NC(CCc2ccc(OCCCc3cccc(Br)c3)c(C(F)(F)F)c2)(COP(=O)(C(C)(C)C)C(C)(C)C)CO1. The van der Waals surface area contributed by atoms with Crippen molar-refractivity contribution in [2.24, 2.45) is 4.99 Å². The van der Waals surface area contributed by atoms with Crippen molar-refractivity contribution in [1.82, 2.24) is 0 Å². The zero-order valence-electron chi connectivity index (χ0n) is 25.0. The van der Waals surface area contributed by atoms with Crippen LogP contribution in [-0.4, -0.2) is 41.6 Å². The van der Waals surface area contributed by atoms with E-state index in [1.54, 1.807) is 13.0 Å². The first kappa shape index (κ1) is 33.7. The molecule has 0 amide bonds. The third-order valence-corrected chi connectivity index (χ3v) is 11.7. The van der Waals surface area contributed by atoms with Crippen LogP contribution in [-0.2, 0) is 32.8 Å². The molecule has 3 rings (SSSR count). The molecule has 0 aliphatic carbocycles. The Morgan fingerprint density at radius 2 is 1.66 bits per heavy atom. The first-order valence-corrected chi connectivity index (χ1v) is 16.3. The number of halogens is 4. The van der Waals surface area contributed by atoms with Gasteiger partial charge < -0.3 is 14.0 Å². The number of hydrogen-bond donors (Lipinski definition) is 0. The Morgan fingerprint density at radius 1 is 1.00 bits per heavy atom. The molecule has 0 aromatic heterocycles. The van der Waals surface area contributed by atoms with E-state index in [2.05, 4.69) is 20.9 Å². The maximum atomic E-state index is 14.1. The van der Waals surface area contributed by atoms with Crippen LogP contribution in [0.15, 0.2) is 51.9 Å². The smallest absolute Gasteiger partial charge is 0.419 e. The molecule has 41 heavy (non-hydrogen) atoms. The van der Waals surface area contributed by atoms with Gasteiger partial charge >= 0.3 is 6.18 Å². The van der Waals surface area contributed by atoms with Crippen molar-refractivity contribution in [2.75, 3.05) is 19.8 Å². The summed E-state index contributed by atoms with van der Waals surface area (Å²) in [5.74, 6) is 0.306. The lowest BCUT2D eigenvalue weighted by Crippen LogP contribution is -2.38. The van der Waals surface area contributed by atoms with Crippen molar-refractivity contribution in [3.05, 3.63) is 63.6 Å². The highest BCUT2D eigenvalue weighted by molar-refractivity contribution is 9.10. The molecule has 2 aromatic carbocycles. The van der Waals surface area contributed by atoms with Crippen LogP contribution in [0, 0.1) is 0 Å². The molecular weight excluding hydrogens is 618 g/mol. The number of nitrogens with zero attached hydrogens (tertiary/aromatic N) is 1. The van der Waals surface area contributed by atoms with Gasteiger partial charge in [0.05, 0.1) is 18.8 Å². The van der Waals surface area contributed by atoms with Crippen molar-refractivity contribution in [2.45, 2.75) is 96.2 Å². The van der Waals surface area contributed by atoms with Crippen LogP contribution in [0.25, 0.3) is 0 Å². The summed E-state index contributed by atoms with van der Waals surface area (Å²) in [6.07, 6.45) is -2.59. The molecule has 228 valence electrons. The van der Waals surface area contributed by atoms with Gasteiger partial charge in [0.1, 0.15) is 17.9 Å². The summed E-state index contributed by atoms with van der Waals surface area (Å²) < 4.78 is 74.5. The van der Waals surface area contributed by atoms with E-state index in [-0.39, 0.29) is 25.6 Å². The standard InChI is InChI=1S/C31H42BrF3NO4P/c1-22-36-30(20-39-22,21-40-41(37,28(2,3)4)29(5,6)7)16-15-24-13-14-27(26(19-24)31(33,34)35)38-17-9-11-23-10-8-12-25(32)18-23/h8,10,12-14,18-19H,9,11,15-17,20-21H2,1-7H3. The van der Waals surface area contributed by atoms with Crippen LogP contribution in [0.4, 0.5) is 13.2 Å². The minimum Gasteiger partial charge on any atom is -0.493 e. The van der Waals surface area contributed by atoms with Crippen LogP contribution in [0.2, 0.25) is 0 Å². The zero-order chi connectivity index (χ0) is 30.7. The van der Waals surface area contributed by atoms with Crippen LogP contribution in [0.3, 0.4) is 0 Å². The summed E-state index contributed by atoms with van der Waals surface area (Å²) in [7, 11) is -3.16. The van der Waals surface area contributed by atoms with E-state index in [1.165, 1.54) is 6.07 Å². The summed E-state index contributed by atoms with van der Waals surface area (Å²) >= 11 is 3.43. The highest BCUT2D eigenvalue weighted by Crippen LogP contribution is 2.67. The normalized spacial score (nSPS) is 18.3. The van der Waals surface area contributed by atoms with Gasteiger partial charge in [-0.05, 0) is 61.1 Å². The molecule has 1 unspecified atom stereocenters. The van der Waals surface area contributed by atoms with Gasteiger partial charge in [0.15, 0.2) is 5.90 Å². The van der Waals surface area contributed by atoms with E-state index in [0.29, 0.717) is 37.1 Å². The molecule has 1 heterocycles. The second-order valence-electron chi connectivity index (χ2n) is 12.7. The molecule has 1 atom stereocenters. The maximum absolute atomic E-state index is 14.1. The predicted molar refractivity (Wildman–Crippen MR) is 163 cm³/mol. The van der Waals surface area contributed by atoms with Gasteiger partial charge in [0, 0.05) is 21.7 Å². The number of alkyl halides is 3. The molecule has 0 saturated heterocycles. The van der Waals surface area contributed by atoms with E-state index in [4.69, 9.17) is 14.0 Å². The summed E-state index contributed by atoms with van der Waals surface area (Å²) in [6, 6.07) is 12.0. The third-order valence-electron chi connectivity index (χ3n) is 7.21. The molecule has 0 bridgehead atoms. The predicted octanol–water partition coefficient (Wildman–Crippen LogP) is 9.49. The minimum absolute atomic E-state index is 0.0570. The average Bonchev–Trinajstić information content (AvgIpc) is 3.23. The lowest BCUT2D eigenvalue weighted by molar-refractivity contribution is -0.139. The summed E-state index contributed by atoms with van der Waals surface area (Å²) in [6.45, 7) is 13.6. The van der Waals surface area contributed by atoms with Gasteiger partial charge in [0.2, 0.25) is 7.37 Å². The number of hydrogen-bond acceptors (Lipinski definition) is 5. The minimum atomic E-state index is -4.56. The molecule has 10 heteroatoms. The quantitative estimate of drug-likeness (QED) is 0.178. The van der Waals surface area contributed by atoms with Crippen molar-refractivity contribution >= 4 is 29.2 Å². The molecular formula is C31H42BrF3NO4P. The Morgan fingerprint density at radius 3 is 2.22 bits per heavy atom. The molecule has 1 aliphatic heterocycles. The second kappa shape index (κ2) is 12.8. The monoisotopic (exact) mass is 659 g/mol. The molecule has 0 fully saturated rings. The Bertz CT molecular complexity index is 1270. The Hall–Kier alpha value is -1.83. The number of rotatable bonds is 11. The second-order valence-corrected chi connectivity index (χ2v) is 17.7. The van der Waals surface area contributed by atoms with Crippen LogP contribution >= 0.6 is 23.3 Å². The fraction of sp³-hybridized carbons (Fsp3) is 0.581. The average molecular weight is 661 g/mol. The van der Waals surface area contributed by atoms with Crippen molar-refractivity contribution < 1.29 is 31.7 Å². The lowest BCUT2D eigenvalue weighted by Gasteiger charge is -2.41. The topological polar surface area (TPSA) is 57.1 Å². The van der Waals surface area contributed by atoms with Gasteiger partial charge in [-0.15, -0.1) is 0 Å². The van der Waals surface area contributed by atoms with Crippen molar-refractivity contribution in [1.29, 1.82) is 0 Å². The Kier molecular flexibility index (Phi) is 10.5. The molecule has 5 nitrogen and oxygen atoms in total.